The number of amides is 1. The van der Waals surface area contributed by atoms with Crippen molar-refractivity contribution in [2.75, 3.05) is 6.54 Å². The summed E-state index contributed by atoms with van der Waals surface area (Å²) < 4.78 is 14.8. The summed E-state index contributed by atoms with van der Waals surface area (Å²) in [6.45, 7) is 6.30. The molecular formula is C17H19FN2O2. The van der Waals surface area contributed by atoms with E-state index in [1.165, 1.54) is 22.8 Å². The van der Waals surface area contributed by atoms with Gasteiger partial charge in [0.05, 0.1) is 5.39 Å². The molecule has 0 saturated carbocycles. The number of hydrogen-bond acceptors (Lipinski definition) is 2. The minimum Gasteiger partial charge on any atom is -0.347 e. The third-order valence-electron chi connectivity index (χ3n) is 3.45. The van der Waals surface area contributed by atoms with Crippen LogP contribution in [0.4, 0.5) is 4.39 Å². The van der Waals surface area contributed by atoms with Crippen molar-refractivity contribution in [1.82, 2.24) is 9.88 Å². The zero-order chi connectivity index (χ0) is 16.1. The maximum atomic E-state index is 13.4. The summed E-state index contributed by atoms with van der Waals surface area (Å²) >= 11 is 0. The molecule has 1 aromatic heterocycles. The predicted octanol–water partition coefficient (Wildman–Crippen LogP) is 2.86. The van der Waals surface area contributed by atoms with E-state index in [1.807, 2.05) is 6.92 Å². The van der Waals surface area contributed by atoms with E-state index in [1.54, 1.807) is 12.1 Å². The molecule has 1 N–H and O–H groups in total. The van der Waals surface area contributed by atoms with Crippen LogP contribution < -0.4 is 10.9 Å². The second kappa shape index (κ2) is 7.02. The summed E-state index contributed by atoms with van der Waals surface area (Å²) in [7, 11) is 0. The van der Waals surface area contributed by atoms with Crippen LogP contribution in [0.3, 0.4) is 0 Å². The summed E-state index contributed by atoms with van der Waals surface area (Å²) in [6, 6.07) is 5.64. The number of carbonyl (C=O) groups is 1. The van der Waals surface area contributed by atoms with Gasteiger partial charge in [0.25, 0.3) is 11.5 Å². The number of halogens is 1. The number of rotatable bonds is 6. The Bertz CT molecular complexity index is 765. The molecule has 2 rings (SSSR count). The highest BCUT2D eigenvalue weighted by molar-refractivity contribution is 5.96. The number of nitrogens with one attached hydrogen (secondary N) is 1. The van der Waals surface area contributed by atoms with E-state index in [4.69, 9.17) is 0 Å². The van der Waals surface area contributed by atoms with Crippen LogP contribution in [0.25, 0.3) is 10.8 Å². The lowest BCUT2D eigenvalue weighted by Crippen LogP contribution is -2.32. The highest BCUT2D eigenvalue weighted by Crippen LogP contribution is 2.15. The van der Waals surface area contributed by atoms with Crippen LogP contribution >= 0.6 is 0 Å². The lowest BCUT2D eigenvalue weighted by molar-refractivity contribution is 0.0947. The van der Waals surface area contributed by atoms with Crippen molar-refractivity contribution in [3.05, 3.63) is 58.8 Å². The van der Waals surface area contributed by atoms with Gasteiger partial charge < -0.3 is 9.88 Å². The molecule has 0 radical (unpaired) electrons. The molecule has 0 atom stereocenters. The molecule has 5 heteroatoms. The molecule has 0 aliphatic carbocycles. The fraction of sp³-hybridized carbons (Fsp3) is 0.294. The number of aromatic nitrogens is 1. The van der Waals surface area contributed by atoms with Crippen LogP contribution in [0.15, 0.2) is 41.7 Å². The second-order valence-electron chi connectivity index (χ2n) is 5.07. The van der Waals surface area contributed by atoms with Crippen LogP contribution in [0.5, 0.6) is 0 Å². The van der Waals surface area contributed by atoms with E-state index < -0.39 is 5.82 Å². The first-order valence-corrected chi connectivity index (χ1v) is 7.30. The van der Waals surface area contributed by atoms with Gasteiger partial charge in [-0.2, -0.15) is 0 Å². The molecule has 1 heterocycles. The van der Waals surface area contributed by atoms with Crippen LogP contribution in [0.2, 0.25) is 0 Å². The molecule has 1 amide bonds. The number of hydrogen-bond donors (Lipinski definition) is 1. The van der Waals surface area contributed by atoms with E-state index in [0.717, 1.165) is 12.8 Å². The monoisotopic (exact) mass is 302 g/mol. The van der Waals surface area contributed by atoms with E-state index in [-0.39, 0.29) is 16.9 Å². The topological polar surface area (TPSA) is 51.1 Å². The van der Waals surface area contributed by atoms with E-state index in [0.29, 0.717) is 24.2 Å². The minimum atomic E-state index is -0.462. The number of nitrogens with zero attached hydrogens (tertiary/aromatic N) is 1. The molecule has 0 unspecified atom stereocenters. The lowest BCUT2D eigenvalue weighted by Gasteiger charge is -2.14. The Balaban J connectivity index is 2.61. The molecular weight excluding hydrogens is 283 g/mol. The highest BCUT2D eigenvalue weighted by atomic mass is 19.1. The zero-order valence-electron chi connectivity index (χ0n) is 12.6. The van der Waals surface area contributed by atoms with E-state index in [2.05, 4.69) is 11.9 Å². The summed E-state index contributed by atoms with van der Waals surface area (Å²) in [4.78, 5) is 24.8. The van der Waals surface area contributed by atoms with Gasteiger partial charge in [0, 0.05) is 13.1 Å². The van der Waals surface area contributed by atoms with Crippen molar-refractivity contribution in [3.63, 3.8) is 0 Å². The first kappa shape index (κ1) is 15.9. The first-order valence-electron chi connectivity index (χ1n) is 7.30. The van der Waals surface area contributed by atoms with E-state index >= 15 is 0 Å². The maximum Gasteiger partial charge on any atom is 0.268 e. The lowest BCUT2D eigenvalue weighted by atomic mass is 10.1. The Morgan fingerprint density at radius 3 is 2.86 bits per heavy atom. The number of carbonyl (C=O) groups excluding carboxylic acids is 1. The molecule has 0 bridgehead atoms. The second-order valence-corrected chi connectivity index (χ2v) is 5.07. The molecule has 2 aromatic rings. The number of benzene rings is 1. The number of unbranched alkanes of at least 4 members (excludes halogenated alkanes) is 1. The first-order chi connectivity index (χ1) is 10.6. The molecule has 0 aliphatic rings. The van der Waals surface area contributed by atoms with Gasteiger partial charge >= 0.3 is 0 Å². The zero-order valence-corrected chi connectivity index (χ0v) is 12.6. The van der Waals surface area contributed by atoms with Crippen LogP contribution in [-0.2, 0) is 6.54 Å². The van der Waals surface area contributed by atoms with Gasteiger partial charge in [-0.3, -0.25) is 9.59 Å². The van der Waals surface area contributed by atoms with Gasteiger partial charge in [0.15, 0.2) is 0 Å². The molecule has 0 spiro atoms. The molecule has 116 valence electrons. The Morgan fingerprint density at radius 1 is 1.41 bits per heavy atom. The summed E-state index contributed by atoms with van der Waals surface area (Å²) in [5.74, 6) is -0.796. The molecule has 0 saturated heterocycles. The van der Waals surface area contributed by atoms with Crippen molar-refractivity contribution in [2.24, 2.45) is 0 Å². The summed E-state index contributed by atoms with van der Waals surface area (Å²) in [6.07, 6.45) is 3.23. The fourth-order valence-electron chi connectivity index (χ4n) is 2.30. The van der Waals surface area contributed by atoms with Crippen LogP contribution in [0.1, 0.15) is 30.3 Å². The predicted molar refractivity (Wildman–Crippen MR) is 85.6 cm³/mol. The molecule has 1 aromatic carbocycles. The smallest absolute Gasteiger partial charge is 0.268 e. The normalized spacial score (nSPS) is 10.6. The van der Waals surface area contributed by atoms with Crippen molar-refractivity contribution in [3.8, 4) is 0 Å². The summed E-state index contributed by atoms with van der Waals surface area (Å²) in [5, 5.41) is 3.52. The van der Waals surface area contributed by atoms with Gasteiger partial charge in [0.2, 0.25) is 0 Å². The minimum absolute atomic E-state index is 0.288. The molecule has 0 aliphatic heterocycles. The van der Waals surface area contributed by atoms with Crippen LogP contribution in [-0.4, -0.2) is 17.0 Å². The Kier molecular flexibility index (Phi) is 5.09. The third-order valence-corrected chi connectivity index (χ3v) is 3.45. The maximum absolute atomic E-state index is 13.4. The number of fused-ring (bicyclic) bond motifs is 1. The van der Waals surface area contributed by atoms with Gasteiger partial charge in [-0.25, -0.2) is 4.39 Å². The average Bonchev–Trinajstić information content (AvgIpc) is 2.52. The highest BCUT2D eigenvalue weighted by Gasteiger charge is 2.15. The Labute approximate surface area is 128 Å². The van der Waals surface area contributed by atoms with Gasteiger partial charge in [-0.1, -0.05) is 25.5 Å². The average molecular weight is 302 g/mol. The van der Waals surface area contributed by atoms with Gasteiger partial charge in [-0.15, -0.1) is 6.58 Å². The number of pyridine rings is 1. The standard InChI is InChI=1S/C17H19FN2O2/c1-3-5-9-20-15(16(21)19-8-4-2)10-12-6-7-13(18)11-14(12)17(20)22/h4,6-7,10-11H,2-3,5,8-9H2,1H3,(H,19,21). The molecule has 22 heavy (non-hydrogen) atoms. The van der Waals surface area contributed by atoms with Crippen molar-refractivity contribution < 1.29 is 9.18 Å². The Morgan fingerprint density at radius 2 is 2.18 bits per heavy atom. The molecule has 4 nitrogen and oxygen atoms in total. The Hall–Kier alpha value is -2.43. The van der Waals surface area contributed by atoms with Crippen molar-refractivity contribution >= 4 is 16.7 Å². The van der Waals surface area contributed by atoms with Gasteiger partial charge in [-0.05, 0) is 30.0 Å². The fourth-order valence-corrected chi connectivity index (χ4v) is 2.30. The van der Waals surface area contributed by atoms with E-state index in [9.17, 15) is 14.0 Å². The van der Waals surface area contributed by atoms with Gasteiger partial charge in [0.1, 0.15) is 11.5 Å². The van der Waals surface area contributed by atoms with Crippen molar-refractivity contribution in [1.29, 1.82) is 0 Å². The molecule has 0 fully saturated rings. The van der Waals surface area contributed by atoms with Crippen LogP contribution in [0, 0.1) is 5.82 Å². The largest absolute Gasteiger partial charge is 0.347 e. The SMILES string of the molecule is C=CCNC(=O)c1cc2ccc(F)cc2c(=O)n1CCCC. The quantitative estimate of drug-likeness (QED) is 0.834. The third kappa shape index (κ3) is 3.24. The van der Waals surface area contributed by atoms with Crippen molar-refractivity contribution in [2.45, 2.75) is 26.3 Å². The summed E-state index contributed by atoms with van der Waals surface area (Å²) in [5.41, 5.74) is -0.0476.